The maximum atomic E-state index is 14.4. The molecule has 1 aliphatic rings. The van der Waals surface area contributed by atoms with Crippen molar-refractivity contribution in [2.45, 2.75) is 26.4 Å². The smallest absolute Gasteiger partial charge is 0.244 e. The molecule has 1 fully saturated rings. The van der Waals surface area contributed by atoms with Crippen molar-refractivity contribution < 1.29 is 9.18 Å². The summed E-state index contributed by atoms with van der Waals surface area (Å²) < 4.78 is 16.1. The van der Waals surface area contributed by atoms with Gasteiger partial charge in [-0.05, 0) is 37.6 Å². The van der Waals surface area contributed by atoms with Crippen LogP contribution in [0.1, 0.15) is 12.5 Å². The van der Waals surface area contributed by atoms with Crippen LogP contribution in [0.2, 0.25) is 5.02 Å². The first-order valence-electron chi connectivity index (χ1n) is 9.19. The van der Waals surface area contributed by atoms with Crippen molar-refractivity contribution in [3.63, 3.8) is 0 Å². The number of piperazine rings is 1. The molecule has 8 heteroatoms. The number of carbonyl (C=O) groups excluding carboxylic acids is 1. The number of hydrogen-bond acceptors (Lipinski definition) is 4. The van der Waals surface area contributed by atoms with Crippen LogP contribution in [-0.4, -0.2) is 51.2 Å². The lowest BCUT2D eigenvalue weighted by atomic mass is 10.1. The maximum absolute atomic E-state index is 14.4. The number of carbonyl (C=O) groups is 1. The number of fused-ring (bicyclic) bond motifs is 1. The number of anilines is 1. The Morgan fingerprint density at radius 2 is 2.14 bits per heavy atom. The van der Waals surface area contributed by atoms with Crippen LogP contribution in [0.5, 0.6) is 0 Å². The Balaban J connectivity index is 1.47. The van der Waals surface area contributed by atoms with E-state index in [0.29, 0.717) is 30.3 Å². The summed E-state index contributed by atoms with van der Waals surface area (Å²) in [6, 6.07) is 4.93. The Labute approximate surface area is 167 Å². The van der Waals surface area contributed by atoms with Crippen molar-refractivity contribution in [3.8, 4) is 0 Å². The molecule has 0 unspecified atom stereocenters. The summed E-state index contributed by atoms with van der Waals surface area (Å²) in [6.07, 6.45) is 5.13. The van der Waals surface area contributed by atoms with Gasteiger partial charge < -0.3 is 9.80 Å². The topological polar surface area (TPSA) is 54.3 Å². The summed E-state index contributed by atoms with van der Waals surface area (Å²) in [5.74, 6) is -0.332. The Hall–Kier alpha value is -2.67. The van der Waals surface area contributed by atoms with E-state index in [4.69, 9.17) is 11.6 Å². The third-order valence-electron chi connectivity index (χ3n) is 5.24. The fraction of sp³-hybridized carbons (Fsp3) is 0.350. The van der Waals surface area contributed by atoms with Gasteiger partial charge in [-0.15, -0.1) is 0 Å². The zero-order chi connectivity index (χ0) is 19.8. The summed E-state index contributed by atoms with van der Waals surface area (Å²) in [4.78, 5) is 20.8. The highest BCUT2D eigenvalue weighted by molar-refractivity contribution is 6.31. The van der Waals surface area contributed by atoms with Crippen molar-refractivity contribution in [1.82, 2.24) is 19.7 Å². The minimum Gasteiger partial charge on any atom is -0.365 e. The molecule has 0 N–H and O–H groups in total. The molecule has 146 valence electrons. The predicted molar refractivity (Wildman–Crippen MR) is 107 cm³/mol. The number of pyridine rings is 1. The average molecular weight is 402 g/mol. The summed E-state index contributed by atoms with van der Waals surface area (Å²) in [5, 5.41) is 5.63. The molecule has 1 aromatic carbocycles. The fourth-order valence-electron chi connectivity index (χ4n) is 3.70. The van der Waals surface area contributed by atoms with Crippen molar-refractivity contribution in [1.29, 1.82) is 0 Å². The predicted octanol–water partition coefficient (Wildman–Crippen LogP) is 3.27. The Morgan fingerprint density at radius 3 is 2.93 bits per heavy atom. The summed E-state index contributed by atoms with van der Waals surface area (Å²) >= 11 is 6.00. The lowest BCUT2D eigenvalue weighted by Gasteiger charge is -2.41. The van der Waals surface area contributed by atoms with E-state index in [0.717, 1.165) is 16.5 Å². The first kappa shape index (κ1) is 18.7. The molecular weight excluding hydrogens is 381 g/mol. The molecule has 1 amide bonds. The zero-order valence-electron chi connectivity index (χ0n) is 15.8. The standard InChI is InChI=1S/C20H21ClFN5O/c1-13-7-19(17(22)8-16(13)21)25-5-6-26(14(2)11-25)20(28)12-27-18-3-4-23-9-15(18)10-24-27/h3-4,7-10,14H,5-6,11-12H2,1-2H3/t14-/m0/s1. The van der Waals surface area contributed by atoms with Crippen LogP contribution in [0.15, 0.2) is 36.8 Å². The normalized spacial score (nSPS) is 17.4. The third-order valence-corrected chi connectivity index (χ3v) is 5.65. The zero-order valence-corrected chi connectivity index (χ0v) is 16.5. The number of nitrogens with zero attached hydrogens (tertiary/aromatic N) is 5. The lowest BCUT2D eigenvalue weighted by Crippen LogP contribution is -2.55. The molecular formula is C20H21ClFN5O. The van der Waals surface area contributed by atoms with Crippen LogP contribution in [0.25, 0.3) is 10.9 Å². The molecule has 1 atom stereocenters. The van der Waals surface area contributed by atoms with Crippen LogP contribution in [0.3, 0.4) is 0 Å². The van der Waals surface area contributed by atoms with Crippen LogP contribution >= 0.6 is 11.6 Å². The highest BCUT2D eigenvalue weighted by Gasteiger charge is 2.29. The van der Waals surface area contributed by atoms with E-state index in [2.05, 4.69) is 10.1 Å². The third kappa shape index (κ3) is 3.42. The van der Waals surface area contributed by atoms with Gasteiger partial charge in [-0.1, -0.05) is 11.6 Å². The van der Waals surface area contributed by atoms with Crippen LogP contribution in [0, 0.1) is 12.7 Å². The molecule has 4 rings (SSSR count). The molecule has 0 bridgehead atoms. The van der Waals surface area contributed by atoms with E-state index < -0.39 is 0 Å². The Morgan fingerprint density at radius 1 is 1.32 bits per heavy atom. The monoisotopic (exact) mass is 401 g/mol. The van der Waals surface area contributed by atoms with Crippen LogP contribution < -0.4 is 4.90 Å². The SMILES string of the molecule is Cc1cc(N2CCN(C(=O)Cn3ncc4cnccc43)[C@@H](C)C2)c(F)cc1Cl. The molecule has 0 aliphatic carbocycles. The average Bonchev–Trinajstić information content (AvgIpc) is 3.07. The quantitative estimate of drug-likeness (QED) is 0.676. The van der Waals surface area contributed by atoms with E-state index >= 15 is 0 Å². The maximum Gasteiger partial charge on any atom is 0.244 e. The number of amides is 1. The second-order valence-corrected chi connectivity index (χ2v) is 7.58. The first-order chi connectivity index (χ1) is 13.4. The summed E-state index contributed by atoms with van der Waals surface area (Å²) in [6.45, 7) is 5.67. The van der Waals surface area contributed by atoms with Crippen molar-refractivity contribution in [2.75, 3.05) is 24.5 Å². The molecule has 2 aromatic heterocycles. The fourth-order valence-corrected chi connectivity index (χ4v) is 3.85. The Kier molecular flexibility index (Phi) is 4.93. The molecule has 0 saturated carbocycles. The molecule has 0 spiro atoms. The van der Waals surface area contributed by atoms with Gasteiger partial charge in [0.1, 0.15) is 12.4 Å². The largest absolute Gasteiger partial charge is 0.365 e. The van der Waals surface area contributed by atoms with Gasteiger partial charge in [-0.2, -0.15) is 5.10 Å². The van der Waals surface area contributed by atoms with Crippen LogP contribution in [-0.2, 0) is 11.3 Å². The highest BCUT2D eigenvalue weighted by Crippen LogP contribution is 2.28. The molecule has 6 nitrogen and oxygen atoms in total. The summed E-state index contributed by atoms with van der Waals surface area (Å²) in [5.41, 5.74) is 2.25. The van der Waals surface area contributed by atoms with E-state index in [-0.39, 0.29) is 24.3 Å². The van der Waals surface area contributed by atoms with Gasteiger partial charge in [-0.3, -0.25) is 14.5 Å². The number of halogens is 2. The molecule has 1 saturated heterocycles. The summed E-state index contributed by atoms with van der Waals surface area (Å²) in [7, 11) is 0. The molecule has 0 radical (unpaired) electrons. The van der Waals surface area contributed by atoms with Crippen LogP contribution in [0.4, 0.5) is 10.1 Å². The minimum absolute atomic E-state index is 0.00159. The minimum atomic E-state index is -0.334. The van der Waals surface area contributed by atoms with Gasteiger partial charge in [0.25, 0.3) is 0 Å². The number of hydrogen-bond donors (Lipinski definition) is 0. The lowest BCUT2D eigenvalue weighted by molar-refractivity contribution is -0.134. The van der Waals surface area contributed by atoms with Gasteiger partial charge in [-0.25, -0.2) is 4.39 Å². The molecule has 3 heterocycles. The van der Waals surface area contributed by atoms with Crippen molar-refractivity contribution in [3.05, 3.63) is 53.2 Å². The number of rotatable bonds is 3. The van der Waals surface area contributed by atoms with Crippen molar-refractivity contribution in [2.24, 2.45) is 0 Å². The first-order valence-corrected chi connectivity index (χ1v) is 9.57. The van der Waals surface area contributed by atoms with E-state index in [1.165, 1.54) is 6.07 Å². The number of benzene rings is 1. The number of aromatic nitrogens is 3. The van der Waals surface area contributed by atoms with Gasteiger partial charge >= 0.3 is 0 Å². The molecule has 1 aliphatic heterocycles. The van der Waals surface area contributed by atoms with Gasteiger partial charge in [0.05, 0.1) is 17.4 Å². The Bertz CT molecular complexity index is 1040. The highest BCUT2D eigenvalue weighted by atomic mass is 35.5. The van der Waals surface area contributed by atoms with Gasteiger partial charge in [0.15, 0.2) is 0 Å². The van der Waals surface area contributed by atoms with E-state index in [1.54, 1.807) is 29.3 Å². The van der Waals surface area contributed by atoms with E-state index in [1.807, 2.05) is 29.7 Å². The molecule has 28 heavy (non-hydrogen) atoms. The van der Waals surface area contributed by atoms with Crippen molar-refractivity contribution >= 4 is 34.1 Å². The molecule has 3 aromatic rings. The number of aryl methyl sites for hydroxylation is 1. The van der Waals surface area contributed by atoms with Gasteiger partial charge in [0.2, 0.25) is 5.91 Å². The van der Waals surface area contributed by atoms with Gasteiger partial charge in [0, 0.05) is 48.5 Å². The second kappa shape index (κ2) is 7.39. The second-order valence-electron chi connectivity index (χ2n) is 7.17. The van der Waals surface area contributed by atoms with E-state index in [9.17, 15) is 9.18 Å².